The normalized spacial score (nSPS) is 25.8. The molecule has 1 saturated carbocycles. The molecule has 94 valence electrons. The van der Waals surface area contributed by atoms with Crippen LogP contribution in [0, 0.1) is 11.8 Å². The van der Waals surface area contributed by atoms with Crippen molar-refractivity contribution in [2.45, 2.75) is 46.0 Å². The fraction of sp³-hybridized carbons (Fsp3) is 0.917. The van der Waals surface area contributed by atoms with Crippen LogP contribution >= 0.6 is 0 Å². The van der Waals surface area contributed by atoms with Gasteiger partial charge >= 0.3 is 0 Å². The minimum absolute atomic E-state index is 0.744. The fourth-order valence-corrected chi connectivity index (χ4v) is 2.25. The first-order chi connectivity index (χ1) is 7.76. The summed E-state index contributed by atoms with van der Waals surface area (Å²) < 4.78 is 0. The van der Waals surface area contributed by atoms with E-state index >= 15 is 0 Å². The third-order valence-electron chi connectivity index (χ3n) is 3.27. The number of guanidine groups is 1. The summed E-state index contributed by atoms with van der Waals surface area (Å²) in [5, 5.41) is 3.22. The monoisotopic (exact) mass is 226 g/mol. The Morgan fingerprint density at radius 2 is 2.25 bits per heavy atom. The summed E-state index contributed by atoms with van der Waals surface area (Å²) >= 11 is 0. The van der Waals surface area contributed by atoms with Crippen molar-refractivity contribution in [3.05, 3.63) is 0 Å². The van der Waals surface area contributed by atoms with Crippen LogP contribution in [0.2, 0.25) is 0 Å². The topological polar surface area (TPSA) is 62.4 Å². The summed E-state index contributed by atoms with van der Waals surface area (Å²) in [5.41, 5.74) is 2.64. The van der Waals surface area contributed by atoms with Crippen molar-refractivity contribution in [2.24, 2.45) is 22.7 Å². The van der Waals surface area contributed by atoms with E-state index in [1.165, 1.54) is 25.7 Å². The molecule has 2 atom stereocenters. The Balaban J connectivity index is 2.23. The van der Waals surface area contributed by atoms with E-state index in [1.54, 1.807) is 0 Å². The number of hydrazine groups is 1. The molecule has 0 aromatic heterocycles. The number of hydrogen-bond acceptors (Lipinski definition) is 2. The van der Waals surface area contributed by atoms with Crippen molar-refractivity contribution in [3.8, 4) is 0 Å². The largest absolute Gasteiger partial charge is 0.355 e. The zero-order chi connectivity index (χ0) is 11.8. The predicted octanol–water partition coefficient (Wildman–Crippen LogP) is 1.63. The molecule has 4 heteroatoms. The SMILES string of the molecule is CCCCNC(=NCC1CCC(C)C1)NN. The Kier molecular flexibility index (Phi) is 6.23. The molecule has 0 spiro atoms. The number of nitrogens with one attached hydrogen (secondary N) is 2. The van der Waals surface area contributed by atoms with Crippen LogP contribution in [0.3, 0.4) is 0 Å². The molecule has 1 aliphatic carbocycles. The maximum absolute atomic E-state index is 5.42. The molecule has 0 aromatic rings. The Morgan fingerprint density at radius 3 is 2.81 bits per heavy atom. The zero-order valence-electron chi connectivity index (χ0n) is 10.6. The molecular weight excluding hydrogens is 200 g/mol. The predicted molar refractivity (Wildman–Crippen MR) is 69.0 cm³/mol. The minimum atomic E-state index is 0.744. The Hall–Kier alpha value is -0.770. The molecule has 4 nitrogen and oxygen atoms in total. The lowest BCUT2D eigenvalue weighted by Crippen LogP contribution is -2.42. The smallest absolute Gasteiger partial charge is 0.205 e. The third kappa shape index (κ3) is 4.84. The standard InChI is InChI=1S/C12H26N4/c1-3-4-7-14-12(16-13)15-9-11-6-5-10(2)8-11/h10-11H,3-9,13H2,1-2H3,(H2,14,15,16). The summed E-state index contributed by atoms with van der Waals surface area (Å²) in [6.45, 7) is 6.35. The van der Waals surface area contributed by atoms with Crippen LogP contribution in [0.1, 0.15) is 46.0 Å². The number of aliphatic imine (C=N–C) groups is 1. The number of hydrogen-bond donors (Lipinski definition) is 3. The van der Waals surface area contributed by atoms with Crippen LogP contribution in [-0.4, -0.2) is 19.0 Å². The van der Waals surface area contributed by atoms with Crippen LogP contribution in [0.5, 0.6) is 0 Å². The molecule has 0 aromatic carbocycles. The second-order valence-electron chi connectivity index (χ2n) is 4.90. The van der Waals surface area contributed by atoms with Gasteiger partial charge in [0.05, 0.1) is 0 Å². The van der Waals surface area contributed by atoms with Gasteiger partial charge in [-0.05, 0) is 31.1 Å². The van der Waals surface area contributed by atoms with E-state index in [0.717, 1.165) is 37.3 Å². The van der Waals surface area contributed by atoms with E-state index in [1.807, 2.05) is 0 Å². The Morgan fingerprint density at radius 1 is 1.44 bits per heavy atom. The molecule has 0 saturated heterocycles. The number of nitrogens with zero attached hydrogens (tertiary/aromatic N) is 1. The van der Waals surface area contributed by atoms with Gasteiger partial charge in [0.15, 0.2) is 0 Å². The van der Waals surface area contributed by atoms with Crippen molar-refractivity contribution in [1.29, 1.82) is 0 Å². The molecule has 16 heavy (non-hydrogen) atoms. The van der Waals surface area contributed by atoms with Crippen molar-refractivity contribution in [1.82, 2.24) is 10.7 Å². The summed E-state index contributed by atoms with van der Waals surface area (Å²) in [6, 6.07) is 0. The second kappa shape index (κ2) is 7.49. The molecule has 1 aliphatic rings. The fourth-order valence-electron chi connectivity index (χ4n) is 2.25. The van der Waals surface area contributed by atoms with Gasteiger partial charge in [0.2, 0.25) is 5.96 Å². The van der Waals surface area contributed by atoms with E-state index < -0.39 is 0 Å². The summed E-state index contributed by atoms with van der Waals surface area (Å²) in [4.78, 5) is 4.50. The first-order valence-corrected chi connectivity index (χ1v) is 6.51. The highest BCUT2D eigenvalue weighted by molar-refractivity contribution is 5.79. The average Bonchev–Trinajstić information content (AvgIpc) is 2.69. The van der Waals surface area contributed by atoms with Crippen molar-refractivity contribution < 1.29 is 0 Å². The first kappa shape index (κ1) is 13.3. The summed E-state index contributed by atoms with van der Waals surface area (Å²) in [5.74, 6) is 7.80. The number of nitrogens with two attached hydrogens (primary N) is 1. The van der Waals surface area contributed by atoms with Gasteiger partial charge in [-0.15, -0.1) is 0 Å². The van der Waals surface area contributed by atoms with E-state index in [4.69, 9.17) is 5.84 Å². The van der Waals surface area contributed by atoms with Crippen LogP contribution in [0.4, 0.5) is 0 Å². The van der Waals surface area contributed by atoms with Crippen LogP contribution in [-0.2, 0) is 0 Å². The van der Waals surface area contributed by atoms with Gasteiger partial charge in [0.1, 0.15) is 0 Å². The number of rotatable bonds is 5. The highest BCUT2D eigenvalue weighted by Crippen LogP contribution is 2.30. The lowest BCUT2D eigenvalue weighted by Gasteiger charge is -2.10. The quantitative estimate of drug-likeness (QED) is 0.219. The lowest BCUT2D eigenvalue weighted by molar-refractivity contribution is 0.524. The molecule has 2 unspecified atom stereocenters. The maximum atomic E-state index is 5.42. The average molecular weight is 226 g/mol. The molecule has 0 heterocycles. The minimum Gasteiger partial charge on any atom is -0.355 e. The van der Waals surface area contributed by atoms with Gasteiger partial charge in [0.25, 0.3) is 0 Å². The molecule has 0 aliphatic heterocycles. The van der Waals surface area contributed by atoms with E-state index in [-0.39, 0.29) is 0 Å². The van der Waals surface area contributed by atoms with Gasteiger partial charge in [0, 0.05) is 13.1 Å². The molecular formula is C12H26N4. The number of unbranched alkanes of at least 4 members (excludes halogenated alkanes) is 1. The highest BCUT2D eigenvalue weighted by Gasteiger charge is 2.20. The van der Waals surface area contributed by atoms with Gasteiger partial charge in [-0.2, -0.15) is 0 Å². The van der Waals surface area contributed by atoms with E-state index in [9.17, 15) is 0 Å². The van der Waals surface area contributed by atoms with Crippen molar-refractivity contribution in [3.63, 3.8) is 0 Å². The van der Waals surface area contributed by atoms with Gasteiger partial charge < -0.3 is 5.32 Å². The molecule has 0 radical (unpaired) electrons. The summed E-state index contributed by atoms with van der Waals surface area (Å²) in [7, 11) is 0. The maximum Gasteiger partial charge on any atom is 0.205 e. The molecule has 0 bridgehead atoms. The second-order valence-corrected chi connectivity index (χ2v) is 4.90. The zero-order valence-corrected chi connectivity index (χ0v) is 10.6. The van der Waals surface area contributed by atoms with Gasteiger partial charge in [-0.3, -0.25) is 10.4 Å². The Bertz CT molecular complexity index is 215. The van der Waals surface area contributed by atoms with Crippen molar-refractivity contribution >= 4 is 5.96 Å². The van der Waals surface area contributed by atoms with E-state index in [0.29, 0.717) is 0 Å². The highest BCUT2D eigenvalue weighted by atomic mass is 15.3. The van der Waals surface area contributed by atoms with Gasteiger partial charge in [-0.1, -0.05) is 26.7 Å². The van der Waals surface area contributed by atoms with Crippen LogP contribution in [0.25, 0.3) is 0 Å². The third-order valence-corrected chi connectivity index (χ3v) is 3.27. The summed E-state index contributed by atoms with van der Waals surface area (Å²) in [6.07, 6.45) is 6.33. The van der Waals surface area contributed by atoms with E-state index in [2.05, 4.69) is 29.6 Å². The Labute approximate surface area is 99.1 Å². The lowest BCUT2D eigenvalue weighted by atomic mass is 10.1. The van der Waals surface area contributed by atoms with Crippen LogP contribution in [0.15, 0.2) is 4.99 Å². The molecule has 0 amide bonds. The van der Waals surface area contributed by atoms with Crippen LogP contribution < -0.4 is 16.6 Å². The van der Waals surface area contributed by atoms with Gasteiger partial charge in [-0.25, -0.2) is 5.84 Å². The molecule has 1 fully saturated rings. The van der Waals surface area contributed by atoms with Crippen molar-refractivity contribution in [2.75, 3.05) is 13.1 Å². The first-order valence-electron chi connectivity index (χ1n) is 6.51. The molecule has 4 N–H and O–H groups in total. The molecule has 1 rings (SSSR count).